The number of pyridine rings is 1. The SMILES string of the molecule is CN(C)CCCNC(=O)c1ccnc(Nc2ccc(Cl)cc2)c1. The Kier molecular flexibility index (Phi) is 6.38. The van der Waals surface area contributed by atoms with Crippen molar-refractivity contribution in [3.8, 4) is 0 Å². The number of nitrogens with zero attached hydrogens (tertiary/aromatic N) is 2. The zero-order chi connectivity index (χ0) is 16.7. The summed E-state index contributed by atoms with van der Waals surface area (Å²) in [6, 6.07) is 10.7. The summed E-state index contributed by atoms with van der Waals surface area (Å²) >= 11 is 5.86. The molecule has 0 unspecified atom stereocenters. The molecule has 0 fully saturated rings. The number of halogens is 1. The minimum atomic E-state index is -0.0923. The van der Waals surface area contributed by atoms with E-state index in [2.05, 4.69) is 20.5 Å². The molecule has 1 aromatic carbocycles. The van der Waals surface area contributed by atoms with Crippen LogP contribution in [0.4, 0.5) is 11.5 Å². The van der Waals surface area contributed by atoms with Gasteiger partial charge in [-0.3, -0.25) is 4.79 Å². The lowest BCUT2D eigenvalue weighted by atomic mass is 10.2. The number of anilines is 2. The van der Waals surface area contributed by atoms with Crippen LogP contribution in [0.1, 0.15) is 16.8 Å². The number of carbonyl (C=O) groups is 1. The predicted octanol–water partition coefficient (Wildman–Crippen LogP) is 3.16. The second-order valence-corrected chi connectivity index (χ2v) is 5.91. The zero-order valence-electron chi connectivity index (χ0n) is 13.3. The number of hydrogen-bond donors (Lipinski definition) is 2. The molecule has 0 saturated heterocycles. The summed E-state index contributed by atoms with van der Waals surface area (Å²) < 4.78 is 0. The van der Waals surface area contributed by atoms with Crippen molar-refractivity contribution in [1.82, 2.24) is 15.2 Å². The van der Waals surface area contributed by atoms with Gasteiger partial charge in [-0.05, 0) is 63.5 Å². The third-order valence-corrected chi connectivity index (χ3v) is 3.46. The van der Waals surface area contributed by atoms with Crippen LogP contribution in [-0.2, 0) is 0 Å². The molecule has 0 aliphatic rings. The first kappa shape index (κ1) is 17.2. The highest BCUT2D eigenvalue weighted by Crippen LogP contribution is 2.18. The van der Waals surface area contributed by atoms with Gasteiger partial charge in [0, 0.05) is 29.0 Å². The van der Waals surface area contributed by atoms with E-state index < -0.39 is 0 Å². The van der Waals surface area contributed by atoms with Crippen LogP contribution in [0.25, 0.3) is 0 Å². The van der Waals surface area contributed by atoms with Gasteiger partial charge in [-0.1, -0.05) is 11.6 Å². The van der Waals surface area contributed by atoms with Gasteiger partial charge < -0.3 is 15.5 Å². The molecule has 122 valence electrons. The molecule has 5 nitrogen and oxygen atoms in total. The zero-order valence-corrected chi connectivity index (χ0v) is 14.1. The van der Waals surface area contributed by atoms with Gasteiger partial charge in [0.15, 0.2) is 0 Å². The smallest absolute Gasteiger partial charge is 0.251 e. The molecule has 6 heteroatoms. The van der Waals surface area contributed by atoms with Gasteiger partial charge in [-0.2, -0.15) is 0 Å². The Bertz CT molecular complexity index is 643. The van der Waals surface area contributed by atoms with E-state index >= 15 is 0 Å². The average Bonchev–Trinajstić information content (AvgIpc) is 2.54. The van der Waals surface area contributed by atoms with Crippen molar-refractivity contribution < 1.29 is 4.79 Å². The minimum Gasteiger partial charge on any atom is -0.352 e. The van der Waals surface area contributed by atoms with E-state index in [0.29, 0.717) is 22.9 Å². The molecule has 1 aromatic heterocycles. The quantitative estimate of drug-likeness (QED) is 0.765. The van der Waals surface area contributed by atoms with Gasteiger partial charge in [0.05, 0.1) is 0 Å². The summed E-state index contributed by atoms with van der Waals surface area (Å²) in [5.41, 5.74) is 1.45. The standard InChI is InChI=1S/C17H21ClN4O/c1-22(2)11-3-9-20-17(23)13-8-10-19-16(12-13)21-15-6-4-14(18)5-7-15/h4-8,10,12H,3,9,11H2,1-2H3,(H,19,21)(H,20,23). The molecule has 2 aromatic rings. The molecular formula is C17H21ClN4O. The largest absolute Gasteiger partial charge is 0.352 e. The summed E-state index contributed by atoms with van der Waals surface area (Å²) in [4.78, 5) is 18.5. The highest BCUT2D eigenvalue weighted by atomic mass is 35.5. The number of carbonyl (C=O) groups excluding carboxylic acids is 1. The fraction of sp³-hybridized carbons (Fsp3) is 0.294. The lowest BCUT2D eigenvalue weighted by Crippen LogP contribution is -2.27. The third-order valence-electron chi connectivity index (χ3n) is 3.21. The first-order valence-corrected chi connectivity index (χ1v) is 7.84. The molecular weight excluding hydrogens is 312 g/mol. The van der Waals surface area contributed by atoms with Crippen molar-refractivity contribution in [3.63, 3.8) is 0 Å². The van der Waals surface area contributed by atoms with Crippen molar-refractivity contribution in [2.45, 2.75) is 6.42 Å². The van der Waals surface area contributed by atoms with Crippen LogP contribution < -0.4 is 10.6 Å². The molecule has 0 aliphatic heterocycles. The van der Waals surface area contributed by atoms with Crippen LogP contribution >= 0.6 is 11.6 Å². The van der Waals surface area contributed by atoms with Gasteiger partial charge in [0.25, 0.3) is 5.91 Å². The predicted molar refractivity (Wildman–Crippen MR) is 94.5 cm³/mol. The summed E-state index contributed by atoms with van der Waals surface area (Å²) in [5.74, 6) is 0.526. The van der Waals surface area contributed by atoms with Gasteiger partial charge in [-0.25, -0.2) is 4.98 Å². The van der Waals surface area contributed by atoms with Crippen molar-refractivity contribution in [1.29, 1.82) is 0 Å². The van der Waals surface area contributed by atoms with E-state index in [9.17, 15) is 4.79 Å². The van der Waals surface area contributed by atoms with Gasteiger partial charge >= 0.3 is 0 Å². The van der Waals surface area contributed by atoms with Crippen LogP contribution in [0.5, 0.6) is 0 Å². The maximum atomic E-state index is 12.1. The van der Waals surface area contributed by atoms with E-state index in [1.165, 1.54) is 0 Å². The Morgan fingerprint density at radius 2 is 1.96 bits per heavy atom. The number of amides is 1. The van der Waals surface area contributed by atoms with E-state index in [0.717, 1.165) is 18.7 Å². The Morgan fingerprint density at radius 1 is 1.22 bits per heavy atom. The molecule has 1 heterocycles. The lowest BCUT2D eigenvalue weighted by Gasteiger charge is -2.10. The number of rotatable bonds is 7. The van der Waals surface area contributed by atoms with Crippen molar-refractivity contribution >= 4 is 29.0 Å². The minimum absolute atomic E-state index is 0.0923. The Labute approximate surface area is 141 Å². The lowest BCUT2D eigenvalue weighted by molar-refractivity contribution is 0.0952. The van der Waals surface area contributed by atoms with Crippen molar-refractivity contribution in [3.05, 3.63) is 53.2 Å². The molecule has 2 N–H and O–H groups in total. The summed E-state index contributed by atoms with van der Waals surface area (Å²) in [7, 11) is 4.03. The van der Waals surface area contributed by atoms with Crippen LogP contribution in [0.3, 0.4) is 0 Å². The molecule has 0 aliphatic carbocycles. The van der Waals surface area contributed by atoms with E-state index in [1.807, 2.05) is 26.2 Å². The van der Waals surface area contributed by atoms with E-state index in [-0.39, 0.29) is 5.91 Å². The molecule has 2 rings (SSSR count). The topological polar surface area (TPSA) is 57.3 Å². The Balaban J connectivity index is 1.93. The van der Waals surface area contributed by atoms with Gasteiger partial charge in [-0.15, -0.1) is 0 Å². The highest BCUT2D eigenvalue weighted by molar-refractivity contribution is 6.30. The van der Waals surface area contributed by atoms with Gasteiger partial charge in [0.1, 0.15) is 5.82 Å². The Morgan fingerprint density at radius 3 is 2.65 bits per heavy atom. The second-order valence-electron chi connectivity index (χ2n) is 5.47. The van der Waals surface area contributed by atoms with Crippen LogP contribution in [0, 0.1) is 0 Å². The number of benzene rings is 1. The normalized spacial score (nSPS) is 10.6. The van der Waals surface area contributed by atoms with Crippen molar-refractivity contribution in [2.75, 3.05) is 32.5 Å². The Hall–Kier alpha value is -2.11. The molecule has 0 atom stereocenters. The van der Waals surface area contributed by atoms with Gasteiger partial charge in [0.2, 0.25) is 0 Å². The fourth-order valence-corrected chi connectivity index (χ4v) is 2.15. The van der Waals surface area contributed by atoms with Crippen LogP contribution in [-0.4, -0.2) is 43.0 Å². The molecule has 0 spiro atoms. The maximum absolute atomic E-state index is 12.1. The second kappa shape index (κ2) is 8.50. The van der Waals surface area contributed by atoms with Crippen molar-refractivity contribution in [2.24, 2.45) is 0 Å². The van der Waals surface area contributed by atoms with E-state index in [1.54, 1.807) is 30.5 Å². The summed E-state index contributed by atoms with van der Waals surface area (Å²) in [5, 5.41) is 6.74. The molecule has 0 bridgehead atoms. The van der Waals surface area contributed by atoms with E-state index in [4.69, 9.17) is 11.6 Å². The first-order valence-electron chi connectivity index (χ1n) is 7.46. The first-order chi connectivity index (χ1) is 11.0. The number of hydrogen-bond acceptors (Lipinski definition) is 4. The summed E-state index contributed by atoms with van der Waals surface area (Å²) in [6.07, 6.45) is 2.53. The van der Waals surface area contributed by atoms with Crippen LogP contribution in [0.2, 0.25) is 5.02 Å². The fourth-order valence-electron chi connectivity index (χ4n) is 2.02. The summed E-state index contributed by atoms with van der Waals surface area (Å²) in [6.45, 7) is 1.60. The average molecular weight is 333 g/mol. The maximum Gasteiger partial charge on any atom is 0.251 e. The molecule has 1 amide bonds. The molecule has 23 heavy (non-hydrogen) atoms. The highest BCUT2D eigenvalue weighted by Gasteiger charge is 2.06. The monoisotopic (exact) mass is 332 g/mol. The third kappa shape index (κ3) is 5.88. The number of nitrogens with one attached hydrogen (secondary N) is 2. The molecule has 0 saturated carbocycles. The van der Waals surface area contributed by atoms with Crippen LogP contribution in [0.15, 0.2) is 42.6 Å². The molecule has 0 radical (unpaired) electrons. The number of aromatic nitrogens is 1.